The van der Waals surface area contributed by atoms with E-state index in [4.69, 9.17) is 16.3 Å². The second kappa shape index (κ2) is 6.29. The molecule has 1 aromatic carbocycles. The number of rotatable bonds is 3. The van der Waals surface area contributed by atoms with Crippen LogP contribution in [0, 0.1) is 5.92 Å². The van der Waals surface area contributed by atoms with Gasteiger partial charge in [0.25, 0.3) is 5.91 Å². The molecule has 0 bridgehead atoms. The highest BCUT2D eigenvalue weighted by Gasteiger charge is 2.59. The number of esters is 1. The Bertz CT molecular complexity index is 804. The average Bonchev–Trinajstić information content (AvgIpc) is 3.07. The highest BCUT2D eigenvalue weighted by atomic mass is 35.5. The molecular weight excluding hydrogens is 350 g/mol. The van der Waals surface area contributed by atoms with Crippen molar-refractivity contribution in [1.82, 2.24) is 5.01 Å². The zero-order chi connectivity index (χ0) is 18.3. The number of hydrazone groups is 1. The molecule has 0 N–H and O–H groups in total. The van der Waals surface area contributed by atoms with Crippen molar-refractivity contribution in [2.75, 3.05) is 11.5 Å². The van der Waals surface area contributed by atoms with E-state index in [1.807, 2.05) is 0 Å². The van der Waals surface area contributed by atoms with E-state index < -0.39 is 35.7 Å². The second-order valence-electron chi connectivity index (χ2n) is 5.48. The molecule has 0 radical (unpaired) electrons. The van der Waals surface area contributed by atoms with E-state index in [0.717, 1.165) is 9.91 Å². The van der Waals surface area contributed by atoms with Crippen molar-refractivity contribution in [1.29, 1.82) is 0 Å². The van der Waals surface area contributed by atoms with Gasteiger partial charge in [0.2, 0.25) is 11.8 Å². The summed E-state index contributed by atoms with van der Waals surface area (Å²) in [6.45, 7) is 2.89. The number of imide groups is 1. The van der Waals surface area contributed by atoms with E-state index in [-0.39, 0.29) is 12.3 Å². The van der Waals surface area contributed by atoms with Crippen molar-refractivity contribution in [3.05, 3.63) is 29.3 Å². The number of anilines is 1. The summed E-state index contributed by atoms with van der Waals surface area (Å²) < 4.78 is 4.90. The highest BCUT2D eigenvalue weighted by molar-refractivity contribution is 6.47. The Labute approximate surface area is 148 Å². The van der Waals surface area contributed by atoms with Gasteiger partial charge in [-0.3, -0.25) is 14.4 Å². The molecular formula is C16H14ClN3O5. The Balaban J connectivity index is 2.03. The van der Waals surface area contributed by atoms with Crippen LogP contribution in [0.4, 0.5) is 5.69 Å². The number of hydrogen-bond acceptors (Lipinski definition) is 6. The second-order valence-corrected chi connectivity index (χ2v) is 5.92. The maximum absolute atomic E-state index is 12.8. The summed E-state index contributed by atoms with van der Waals surface area (Å²) in [6.07, 6.45) is 0. The molecule has 0 aromatic heterocycles. The fourth-order valence-electron chi connectivity index (χ4n) is 2.89. The van der Waals surface area contributed by atoms with Gasteiger partial charge in [0, 0.05) is 11.9 Å². The van der Waals surface area contributed by atoms with Crippen LogP contribution in [0.5, 0.6) is 0 Å². The number of amides is 3. The number of halogens is 1. The molecule has 9 heteroatoms. The summed E-state index contributed by atoms with van der Waals surface area (Å²) in [5.74, 6) is -3.80. The van der Waals surface area contributed by atoms with Gasteiger partial charge in [-0.1, -0.05) is 11.6 Å². The third kappa shape index (κ3) is 2.68. The maximum Gasteiger partial charge on any atom is 0.355 e. The van der Waals surface area contributed by atoms with Crippen LogP contribution in [-0.2, 0) is 23.9 Å². The van der Waals surface area contributed by atoms with Crippen LogP contribution in [0.3, 0.4) is 0 Å². The lowest BCUT2D eigenvalue weighted by atomic mass is 9.98. The Morgan fingerprint density at radius 1 is 1.20 bits per heavy atom. The summed E-state index contributed by atoms with van der Waals surface area (Å²) in [7, 11) is 0. The maximum atomic E-state index is 12.8. The van der Waals surface area contributed by atoms with Gasteiger partial charge in [-0.2, -0.15) is 5.10 Å². The standard InChI is InChI=1S/C16H14ClN3O5/c1-3-25-16(24)12-11-13(20(18-12)8(2)21)15(23)19(14(11)22)10-6-4-9(17)5-7-10/h4-7,11,13H,3H2,1-2H3/t11-,13+/m1/s1. The van der Waals surface area contributed by atoms with Crippen LogP contribution < -0.4 is 4.90 Å². The van der Waals surface area contributed by atoms with Crippen molar-refractivity contribution in [2.24, 2.45) is 11.0 Å². The normalized spacial score (nSPS) is 22.1. The van der Waals surface area contributed by atoms with Gasteiger partial charge in [-0.15, -0.1) is 0 Å². The summed E-state index contributed by atoms with van der Waals surface area (Å²) >= 11 is 5.83. The molecule has 1 aromatic rings. The molecule has 0 saturated carbocycles. The van der Waals surface area contributed by atoms with Crippen molar-refractivity contribution >= 4 is 46.7 Å². The van der Waals surface area contributed by atoms with Gasteiger partial charge in [0.1, 0.15) is 5.92 Å². The molecule has 2 aliphatic heterocycles. The minimum atomic E-state index is -1.18. The van der Waals surface area contributed by atoms with Gasteiger partial charge < -0.3 is 4.74 Å². The first-order chi connectivity index (χ1) is 11.9. The minimum absolute atomic E-state index is 0.0817. The first kappa shape index (κ1) is 17.1. The van der Waals surface area contributed by atoms with Crippen LogP contribution in [0.2, 0.25) is 5.02 Å². The third-order valence-electron chi connectivity index (χ3n) is 3.94. The fraction of sp³-hybridized carbons (Fsp3) is 0.312. The van der Waals surface area contributed by atoms with Gasteiger partial charge in [0.05, 0.1) is 12.3 Å². The van der Waals surface area contributed by atoms with E-state index in [0.29, 0.717) is 10.7 Å². The van der Waals surface area contributed by atoms with Crippen LogP contribution >= 0.6 is 11.6 Å². The van der Waals surface area contributed by atoms with Crippen LogP contribution in [0.1, 0.15) is 13.8 Å². The molecule has 3 amide bonds. The molecule has 1 saturated heterocycles. The lowest BCUT2D eigenvalue weighted by molar-refractivity contribution is -0.136. The number of carbonyl (C=O) groups is 4. The first-order valence-corrected chi connectivity index (χ1v) is 7.93. The fourth-order valence-corrected chi connectivity index (χ4v) is 3.02. The molecule has 0 aliphatic carbocycles. The Morgan fingerprint density at radius 2 is 1.84 bits per heavy atom. The van der Waals surface area contributed by atoms with E-state index in [9.17, 15) is 19.2 Å². The molecule has 8 nitrogen and oxygen atoms in total. The number of benzene rings is 1. The summed E-state index contributed by atoms with van der Waals surface area (Å²) in [6, 6.07) is 4.92. The molecule has 2 atom stereocenters. The van der Waals surface area contributed by atoms with Gasteiger partial charge in [-0.25, -0.2) is 14.7 Å². The van der Waals surface area contributed by atoms with Crippen LogP contribution in [0.25, 0.3) is 0 Å². The number of hydrogen-bond donors (Lipinski definition) is 0. The summed E-state index contributed by atoms with van der Waals surface area (Å²) in [5.41, 5.74) is 0.0670. The van der Waals surface area contributed by atoms with E-state index >= 15 is 0 Å². The average molecular weight is 364 g/mol. The number of ether oxygens (including phenoxy) is 1. The third-order valence-corrected chi connectivity index (χ3v) is 4.19. The smallest absolute Gasteiger partial charge is 0.355 e. The Morgan fingerprint density at radius 3 is 2.40 bits per heavy atom. The first-order valence-electron chi connectivity index (χ1n) is 7.55. The number of nitrogens with zero attached hydrogens (tertiary/aromatic N) is 3. The zero-order valence-corrected chi connectivity index (χ0v) is 14.2. The molecule has 0 unspecified atom stereocenters. The van der Waals surface area contributed by atoms with Gasteiger partial charge in [0.15, 0.2) is 11.8 Å². The van der Waals surface area contributed by atoms with E-state index in [1.165, 1.54) is 31.2 Å². The van der Waals surface area contributed by atoms with E-state index in [2.05, 4.69) is 5.10 Å². The van der Waals surface area contributed by atoms with Gasteiger partial charge in [-0.05, 0) is 31.2 Å². The Hall–Kier alpha value is -2.74. The Kier molecular flexibility index (Phi) is 4.30. The topological polar surface area (TPSA) is 96.3 Å². The predicted molar refractivity (Wildman–Crippen MR) is 87.8 cm³/mol. The molecule has 3 rings (SSSR count). The largest absolute Gasteiger partial charge is 0.461 e. The van der Waals surface area contributed by atoms with Crippen molar-refractivity contribution in [3.8, 4) is 0 Å². The number of fused-ring (bicyclic) bond motifs is 1. The summed E-state index contributed by atoms with van der Waals surface area (Å²) in [4.78, 5) is 50.5. The predicted octanol–water partition coefficient (Wildman–Crippen LogP) is 0.979. The lowest BCUT2D eigenvalue weighted by Crippen LogP contribution is -2.41. The lowest BCUT2D eigenvalue weighted by Gasteiger charge is -2.19. The molecule has 2 aliphatic rings. The SMILES string of the molecule is CCOC(=O)C1=NN(C(C)=O)[C@@H]2C(=O)N(c3ccc(Cl)cc3)C(=O)[C@H]12. The quantitative estimate of drug-likeness (QED) is 0.589. The molecule has 2 heterocycles. The monoisotopic (exact) mass is 363 g/mol. The van der Waals surface area contributed by atoms with Gasteiger partial charge >= 0.3 is 5.97 Å². The van der Waals surface area contributed by atoms with Crippen LogP contribution in [0.15, 0.2) is 29.4 Å². The highest BCUT2D eigenvalue weighted by Crippen LogP contribution is 2.35. The molecule has 130 valence electrons. The minimum Gasteiger partial charge on any atom is -0.461 e. The molecule has 0 spiro atoms. The zero-order valence-electron chi connectivity index (χ0n) is 13.4. The van der Waals surface area contributed by atoms with Crippen LogP contribution in [-0.4, -0.2) is 47.1 Å². The summed E-state index contributed by atoms with van der Waals surface area (Å²) in [5, 5.41) is 5.18. The van der Waals surface area contributed by atoms with Crippen molar-refractivity contribution in [3.63, 3.8) is 0 Å². The number of carbonyl (C=O) groups excluding carboxylic acids is 4. The van der Waals surface area contributed by atoms with Crippen molar-refractivity contribution in [2.45, 2.75) is 19.9 Å². The molecule has 25 heavy (non-hydrogen) atoms. The van der Waals surface area contributed by atoms with E-state index in [1.54, 1.807) is 6.92 Å². The van der Waals surface area contributed by atoms with Crippen molar-refractivity contribution < 1.29 is 23.9 Å². The molecule has 1 fully saturated rings.